The Morgan fingerprint density at radius 3 is 2.53 bits per heavy atom. The molecule has 2 heterocycles. The van der Waals surface area contributed by atoms with Crippen LogP contribution < -0.4 is 9.47 Å². The number of hydrogen-bond donors (Lipinski definition) is 2. The number of nitrogens with zero attached hydrogens (tertiary/aromatic N) is 1. The molecule has 3 atom stereocenters. The van der Waals surface area contributed by atoms with Crippen molar-refractivity contribution in [2.45, 2.75) is 42.9 Å². The predicted octanol–water partition coefficient (Wildman–Crippen LogP) is 6.99. The number of likely N-dealkylation sites (tertiary alicyclic amines) is 1. The summed E-state index contributed by atoms with van der Waals surface area (Å²) in [4.78, 5) is 3.38. The number of thioether (sulfide) groups is 1. The number of halogens is 1. The van der Waals surface area contributed by atoms with Gasteiger partial charge in [-0.25, -0.2) is 0 Å². The molecule has 0 aromatic heterocycles. The fourth-order valence-electron chi connectivity index (χ4n) is 4.92. The van der Waals surface area contributed by atoms with Crippen molar-refractivity contribution in [3.8, 4) is 23.0 Å². The lowest BCUT2D eigenvalue weighted by atomic mass is 9.87. The second-order valence-corrected chi connectivity index (χ2v) is 11.1. The van der Waals surface area contributed by atoms with Gasteiger partial charge in [0.05, 0.1) is 10.1 Å². The van der Waals surface area contributed by atoms with E-state index in [9.17, 15) is 10.2 Å². The van der Waals surface area contributed by atoms with Crippen LogP contribution in [0.4, 0.5) is 0 Å². The third kappa shape index (κ3) is 5.88. The van der Waals surface area contributed by atoms with E-state index in [4.69, 9.17) is 9.47 Å². The molecular formula is C29H34ClNO4S. The zero-order valence-electron chi connectivity index (χ0n) is 20.7. The van der Waals surface area contributed by atoms with E-state index in [0.29, 0.717) is 12.0 Å². The first-order valence-corrected chi connectivity index (χ1v) is 13.2. The molecule has 0 radical (unpaired) electrons. The van der Waals surface area contributed by atoms with Gasteiger partial charge in [0.15, 0.2) is 0 Å². The second kappa shape index (κ2) is 11.2. The molecule has 5 nitrogen and oxygen atoms in total. The van der Waals surface area contributed by atoms with Gasteiger partial charge in [0, 0.05) is 13.1 Å². The topological polar surface area (TPSA) is 62.2 Å². The van der Waals surface area contributed by atoms with Gasteiger partial charge in [-0.15, -0.1) is 24.2 Å². The molecule has 5 rings (SSSR count). The van der Waals surface area contributed by atoms with Crippen LogP contribution in [0.1, 0.15) is 49.2 Å². The lowest BCUT2D eigenvalue weighted by Crippen LogP contribution is -2.28. The van der Waals surface area contributed by atoms with Gasteiger partial charge in [-0.05, 0) is 78.4 Å². The van der Waals surface area contributed by atoms with Crippen LogP contribution in [0.15, 0.2) is 71.6 Å². The number of rotatable bonds is 7. The molecule has 1 fully saturated rings. The van der Waals surface area contributed by atoms with E-state index in [2.05, 4.69) is 30.9 Å². The highest BCUT2D eigenvalue weighted by Gasteiger charge is 2.34. The molecule has 2 N–H and O–H groups in total. The fraction of sp³-hybridized carbons (Fsp3) is 0.379. The molecule has 36 heavy (non-hydrogen) atoms. The van der Waals surface area contributed by atoms with Crippen molar-refractivity contribution in [2.24, 2.45) is 5.41 Å². The van der Waals surface area contributed by atoms with Crippen LogP contribution >= 0.6 is 24.2 Å². The molecular weight excluding hydrogens is 494 g/mol. The minimum absolute atomic E-state index is 0. The first kappa shape index (κ1) is 26.5. The van der Waals surface area contributed by atoms with Gasteiger partial charge in [-0.3, -0.25) is 4.90 Å². The summed E-state index contributed by atoms with van der Waals surface area (Å²) in [5.74, 6) is 2.04. The highest BCUT2D eigenvalue weighted by molar-refractivity contribution is 7.99. The molecule has 192 valence electrons. The zero-order valence-corrected chi connectivity index (χ0v) is 22.4. The van der Waals surface area contributed by atoms with Gasteiger partial charge in [0.2, 0.25) is 0 Å². The van der Waals surface area contributed by atoms with E-state index in [1.807, 2.05) is 30.3 Å². The molecule has 0 amide bonds. The molecule has 0 aliphatic carbocycles. The first-order chi connectivity index (χ1) is 16.9. The van der Waals surface area contributed by atoms with Gasteiger partial charge >= 0.3 is 0 Å². The Kier molecular flexibility index (Phi) is 8.28. The van der Waals surface area contributed by atoms with Crippen LogP contribution in [0.3, 0.4) is 0 Å². The molecule has 3 aromatic carbocycles. The monoisotopic (exact) mass is 527 g/mol. The van der Waals surface area contributed by atoms with Crippen molar-refractivity contribution in [2.75, 3.05) is 26.2 Å². The lowest BCUT2D eigenvalue weighted by Gasteiger charge is -2.34. The summed E-state index contributed by atoms with van der Waals surface area (Å²) < 4.78 is 12.5. The smallest absolute Gasteiger partial charge is 0.140 e. The van der Waals surface area contributed by atoms with Crippen LogP contribution in [0.5, 0.6) is 23.0 Å². The average Bonchev–Trinajstić information content (AvgIpc) is 3.25. The normalized spacial score (nSPS) is 23.4. The molecule has 7 heteroatoms. The van der Waals surface area contributed by atoms with E-state index in [1.165, 1.54) is 12.8 Å². The van der Waals surface area contributed by atoms with Crippen LogP contribution in [-0.2, 0) is 0 Å². The van der Waals surface area contributed by atoms with Gasteiger partial charge in [0.1, 0.15) is 35.7 Å². The SMILES string of the molecule is CC[C@@]1(C)CCN(CCOc2ccc([C@@H]3Oc4ccc(O)cc4S[C@@H]3c3cccc(O)c3)cc2)C1.Cl. The summed E-state index contributed by atoms with van der Waals surface area (Å²) in [5.41, 5.74) is 2.46. The Hall–Kier alpha value is -2.54. The largest absolute Gasteiger partial charge is 0.508 e. The number of phenols is 2. The predicted molar refractivity (Wildman–Crippen MR) is 147 cm³/mol. The van der Waals surface area contributed by atoms with Crippen molar-refractivity contribution >= 4 is 24.2 Å². The third-order valence-corrected chi connectivity index (χ3v) is 8.63. The zero-order chi connectivity index (χ0) is 24.4. The van der Waals surface area contributed by atoms with Crippen molar-refractivity contribution in [3.05, 3.63) is 77.9 Å². The Morgan fingerprint density at radius 2 is 1.81 bits per heavy atom. The maximum Gasteiger partial charge on any atom is 0.140 e. The Labute approximate surface area is 223 Å². The van der Waals surface area contributed by atoms with Crippen LogP contribution in [0.25, 0.3) is 0 Å². The summed E-state index contributed by atoms with van der Waals surface area (Å²) in [5, 5.41) is 19.9. The second-order valence-electron chi connectivity index (χ2n) is 9.91. The minimum Gasteiger partial charge on any atom is -0.508 e. The fourth-order valence-corrected chi connectivity index (χ4v) is 6.24. The molecule has 2 aliphatic heterocycles. The molecule has 1 saturated heterocycles. The minimum atomic E-state index is -0.246. The average molecular weight is 528 g/mol. The highest BCUT2D eigenvalue weighted by Crippen LogP contribution is 2.54. The third-order valence-electron chi connectivity index (χ3n) is 7.28. The summed E-state index contributed by atoms with van der Waals surface area (Å²) >= 11 is 1.64. The Morgan fingerprint density at radius 1 is 1.03 bits per heavy atom. The van der Waals surface area contributed by atoms with Crippen LogP contribution in [-0.4, -0.2) is 41.4 Å². The molecule has 0 bridgehead atoms. The maximum absolute atomic E-state index is 10.1. The van der Waals surface area contributed by atoms with Gasteiger partial charge in [-0.2, -0.15) is 0 Å². The summed E-state index contributed by atoms with van der Waals surface area (Å²) in [7, 11) is 0. The Balaban J connectivity index is 0.00000304. The first-order valence-electron chi connectivity index (χ1n) is 12.3. The number of fused-ring (bicyclic) bond motifs is 1. The van der Waals surface area contributed by atoms with Crippen LogP contribution in [0.2, 0.25) is 0 Å². The number of hydrogen-bond acceptors (Lipinski definition) is 6. The van der Waals surface area contributed by atoms with Crippen LogP contribution in [0, 0.1) is 5.41 Å². The van der Waals surface area contributed by atoms with Crippen molar-refractivity contribution < 1.29 is 19.7 Å². The lowest BCUT2D eigenvalue weighted by molar-refractivity contribution is 0.190. The summed E-state index contributed by atoms with van der Waals surface area (Å²) in [6.45, 7) is 8.59. The molecule has 0 saturated carbocycles. The number of ether oxygens (including phenoxy) is 2. The van der Waals surface area contributed by atoms with E-state index in [-0.39, 0.29) is 35.3 Å². The van der Waals surface area contributed by atoms with Crippen molar-refractivity contribution in [1.82, 2.24) is 4.90 Å². The Bertz CT molecular complexity index is 1170. The van der Waals surface area contributed by atoms with E-state index in [1.54, 1.807) is 36.0 Å². The maximum atomic E-state index is 10.1. The number of benzene rings is 3. The van der Waals surface area contributed by atoms with Gasteiger partial charge in [-0.1, -0.05) is 38.1 Å². The van der Waals surface area contributed by atoms with Crippen molar-refractivity contribution in [1.29, 1.82) is 0 Å². The summed E-state index contributed by atoms with van der Waals surface area (Å²) in [6, 6.07) is 20.6. The molecule has 0 unspecified atom stereocenters. The molecule has 3 aromatic rings. The summed E-state index contributed by atoms with van der Waals surface area (Å²) in [6.07, 6.45) is 2.24. The van der Waals surface area contributed by atoms with Gasteiger partial charge in [0.25, 0.3) is 0 Å². The van der Waals surface area contributed by atoms with Crippen molar-refractivity contribution in [3.63, 3.8) is 0 Å². The standard InChI is InChI=1S/C29H33NO4S.ClH/c1-3-29(2)13-14-30(19-29)15-16-33-24-10-7-20(8-11-24)27-28(21-5-4-6-22(31)17-21)35-26-18-23(32)9-12-25(26)34-27;/h4-12,17-18,27-28,31-32H,3,13-16,19H2,1-2H3;1H/t27-,28+,29-;/m0./s1. The molecule has 0 spiro atoms. The number of aromatic hydroxyl groups is 2. The van der Waals surface area contributed by atoms with E-state index >= 15 is 0 Å². The van der Waals surface area contributed by atoms with E-state index in [0.717, 1.165) is 47.2 Å². The van der Waals surface area contributed by atoms with Gasteiger partial charge < -0.3 is 19.7 Å². The number of phenolic OH excluding ortho intramolecular Hbond substituents is 2. The quantitative estimate of drug-likeness (QED) is 0.345. The highest BCUT2D eigenvalue weighted by atomic mass is 35.5. The molecule has 2 aliphatic rings. The van der Waals surface area contributed by atoms with E-state index < -0.39 is 0 Å².